The summed E-state index contributed by atoms with van der Waals surface area (Å²) in [6.07, 6.45) is 5.12. The van der Waals surface area contributed by atoms with E-state index in [0.717, 1.165) is 19.4 Å². The van der Waals surface area contributed by atoms with Crippen LogP contribution < -0.4 is 0 Å². The zero-order valence-electron chi connectivity index (χ0n) is 7.74. The van der Waals surface area contributed by atoms with Crippen molar-refractivity contribution in [2.75, 3.05) is 6.61 Å². The fourth-order valence-corrected chi connectivity index (χ4v) is 2.27. The molecule has 2 fully saturated rings. The van der Waals surface area contributed by atoms with Gasteiger partial charge in [-0.3, -0.25) is 4.79 Å². The summed E-state index contributed by atoms with van der Waals surface area (Å²) in [6.45, 7) is 0.827. The van der Waals surface area contributed by atoms with Gasteiger partial charge in [-0.25, -0.2) is 0 Å². The van der Waals surface area contributed by atoms with E-state index in [1.165, 1.54) is 12.8 Å². The summed E-state index contributed by atoms with van der Waals surface area (Å²) in [5.74, 6) is 0.256. The fourth-order valence-electron chi connectivity index (χ4n) is 2.27. The number of hydrogen-bond donors (Lipinski definition) is 1. The molecule has 1 saturated heterocycles. The van der Waals surface area contributed by atoms with Gasteiger partial charge in [0.05, 0.1) is 12.5 Å². The quantitative estimate of drug-likeness (QED) is 0.722. The fraction of sp³-hybridized carbons (Fsp3) is 0.900. The van der Waals surface area contributed by atoms with Crippen LogP contribution in [0.4, 0.5) is 0 Å². The first-order valence-corrected chi connectivity index (χ1v) is 5.11. The Morgan fingerprint density at radius 3 is 2.69 bits per heavy atom. The third kappa shape index (κ3) is 2.21. The van der Waals surface area contributed by atoms with Crippen LogP contribution in [-0.2, 0) is 9.53 Å². The lowest BCUT2D eigenvalue weighted by atomic mass is 9.91. The Kier molecular flexibility index (Phi) is 2.54. The van der Waals surface area contributed by atoms with Crippen molar-refractivity contribution < 1.29 is 14.6 Å². The lowest BCUT2D eigenvalue weighted by molar-refractivity contribution is -0.139. The van der Waals surface area contributed by atoms with Crippen LogP contribution in [0, 0.1) is 11.8 Å². The highest BCUT2D eigenvalue weighted by Crippen LogP contribution is 2.43. The van der Waals surface area contributed by atoms with E-state index in [1.54, 1.807) is 0 Å². The largest absolute Gasteiger partial charge is 0.481 e. The van der Waals surface area contributed by atoms with Gasteiger partial charge in [-0.15, -0.1) is 0 Å². The van der Waals surface area contributed by atoms with Crippen molar-refractivity contribution in [1.82, 2.24) is 0 Å². The summed E-state index contributed by atoms with van der Waals surface area (Å²) in [6, 6.07) is 0. The van der Waals surface area contributed by atoms with E-state index in [-0.39, 0.29) is 6.10 Å². The second kappa shape index (κ2) is 3.66. The van der Waals surface area contributed by atoms with Crippen LogP contribution in [0.1, 0.15) is 32.1 Å². The van der Waals surface area contributed by atoms with Crippen LogP contribution in [0.5, 0.6) is 0 Å². The smallest absolute Gasteiger partial charge is 0.303 e. The van der Waals surface area contributed by atoms with Crippen molar-refractivity contribution >= 4 is 5.97 Å². The Hall–Kier alpha value is -0.570. The Morgan fingerprint density at radius 1 is 1.46 bits per heavy atom. The van der Waals surface area contributed by atoms with Gasteiger partial charge in [-0.05, 0) is 37.5 Å². The minimum absolute atomic E-state index is 0.239. The monoisotopic (exact) mass is 184 g/mol. The van der Waals surface area contributed by atoms with Crippen molar-refractivity contribution in [1.29, 1.82) is 0 Å². The first-order valence-electron chi connectivity index (χ1n) is 5.11. The summed E-state index contributed by atoms with van der Waals surface area (Å²) in [7, 11) is 0. The molecular weight excluding hydrogens is 168 g/mol. The van der Waals surface area contributed by atoms with Gasteiger partial charge in [-0.2, -0.15) is 0 Å². The summed E-state index contributed by atoms with van der Waals surface area (Å²) in [5.41, 5.74) is 0. The predicted molar refractivity (Wildman–Crippen MR) is 47.4 cm³/mol. The second-order valence-corrected chi connectivity index (χ2v) is 4.15. The highest BCUT2D eigenvalue weighted by atomic mass is 16.5. The van der Waals surface area contributed by atoms with Gasteiger partial charge in [0, 0.05) is 6.61 Å². The highest BCUT2D eigenvalue weighted by molar-refractivity contribution is 5.67. The topological polar surface area (TPSA) is 46.5 Å². The zero-order chi connectivity index (χ0) is 9.26. The van der Waals surface area contributed by atoms with Crippen LogP contribution in [0.25, 0.3) is 0 Å². The lowest BCUT2D eigenvalue weighted by Crippen LogP contribution is -2.24. The molecule has 1 aliphatic carbocycles. The maximum atomic E-state index is 10.6. The number of rotatable bonds is 4. The molecule has 1 saturated carbocycles. The lowest BCUT2D eigenvalue weighted by Gasteiger charge is -2.20. The van der Waals surface area contributed by atoms with Crippen LogP contribution in [0.2, 0.25) is 0 Å². The number of ether oxygens (including phenoxy) is 1. The van der Waals surface area contributed by atoms with Gasteiger partial charge >= 0.3 is 5.97 Å². The zero-order valence-corrected chi connectivity index (χ0v) is 7.74. The molecule has 2 aliphatic rings. The second-order valence-electron chi connectivity index (χ2n) is 4.15. The number of aliphatic carboxylic acids is 1. The van der Waals surface area contributed by atoms with Crippen molar-refractivity contribution in [2.45, 2.75) is 38.2 Å². The molecule has 0 amide bonds. The van der Waals surface area contributed by atoms with Crippen LogP contribution in [-0.4, -0.2) is 23.8 Å². The minimum atomic E-state index is -0.674. The molecule has 13 heavy (non-hydrogen) atoms. The average Bonchev–Trinajstić information content (AvgIpc) is 2.77. The van der Waals surface area contributed by atoms with E-state index < -0.39 is 5.97 Å². The van der Waals surface area contributed by atoms with E-state index in [2.05, 4.69) is 0 Å². The highest BCUT2D eigenvalue weighted by Gasteiger charge is 2.39. The van der Waals surface area contributed by atoms with Crippen LogP contribution >= 0.6 is 0 Å². The Balaban J connectivity index is 1.91. The molecule has 0 bridgehead atoms. The van der Waals surface area contributed by atoms with E-state index in [9.17, 15) is 4.79 Å². The van der Waals surface area contributed by atoms with Gasteiger partial charge in [-0.1, -0.05) is 0 Å². The SMILES string of the molecule is O=C(O)CC(C1CC1)C1CCCO1. The van der Waals surface area contributed by atoms with Crippen LogP contribution in [0.15, 0.2) is 0 Å². The third-order valence-electron chi connectivity index (χ3n) is 3.08. The molecule has 0 radical (unpaired) electrons. The maximum Gasteiger partial charge on any atom is 0.303 e. The van der Waals surface area contributed by atoms with Crippen molar-refractivity contribution in [3.8, 4) is 0 Å². The first kappa shape index (κ1) is 9.00. The van der Waals surface area contributed by atoms with E-state index in [0.29, 0.717) is 18.3 Å². The molecule has 2 atom stereocenters. The van der Waals surface area contributed by atoms with E-state index >= 15 is 0 Å². The maximum absolute atomic E-state index is 10.6. The number of hydrogen-bond acceptors (Lipinski definition) is 2. The van der Waals surface area contributed by atoms with Crippen LogP contribution in [0.3, 0.4) is 0 Å². The molecule has 1 heterocycles. The summed E-state index contributed by atoms with van der Waals surface area (Å²) >= 11 is 0. The van der Waals surface area contributed by atoms with Gasteiger partial charge in [0.2, 0.25) is 0 Å². The molecule has 3 heteroatoms. The standard InChI is InChI=1S/C10H16O3/c11-10(12)6-8(7-3-4-7)9-2-1-5-13-9/h7-9H,1-6H2,(H,11,12). The molecule has 0 spiro atoms. The predicted octanol–water partition coefficient (Wildman–Crippen LogP) is 1.67. The molecule has 74 valence electrons. The molecule has 1 aliphatic heterocycles. The molecule has 1 N–H and O–H groups in total. The number of carbonyl (C=O) groups is 1. The minimum Gasteiger partial charge on any atom is -0.481 e. The molecule has 2 unspecified atom stereocenters. The Morgan fingerprint density at radius 2 is 2.23 bits per heavy atom. The molecule has 3 nitrogen and oxygen atoms in total. The molecule has 2 rings (SSSR count). The van der Waals surface area contributed by atoms with E-state index in [1.807, 2.05) is 0 Å². The van der Waals surface area contributed by atoms with Crippen molar-refractivity contribution in [2.24, 2.45) is 11.8 Å². The molecular formula is C10H16O3. The Bertz CT molecular complexity index is 192. The molecule has 0 aromatic heterocycles. The summed E-state index contributed by atoms with van der Waals surface area (Å²) < 4.78 is 5.55. The number of carboxylic acid groups (broad SMARTS) is 1. The van der Waals surface area contributed by atoms with Gasteiger partial charge in [0.25, 0.3) is 0 Å². The van der Waals surface area contributed by atoms with Gasteiger partial charge in [0.15, 0.2) is 0 Å². The van der Waals surface area contributed by atoms with Gasteiger partial charge in [0.1, 0.15) is 0 Å². The molecule has 0 aromatic rings. The first-order chi connectivity index (χ1) is 6.27. The normalized spacial score (nSPS) is 30.3. The summed E-state index contributed by atoms with van der Waals surface area (Å²) in [4.78, 5) is 10.6. The molecule has 0 aromatic carbocycles. The third-order valence-corrected chi connectivity index (χ3v) is 3.08. The average molecular weight is 184 g/mol. The number of carboxylic acids is 1. The van der Waals surface area contributed by atoms with Crippen molar-refractivity contribution in [3.05, 3.63) is 0 Å². The van der Waals surface area contributed by atoms with Gasteiger partial charge < -0.3 is 9.84 Å². The van der Waals surface area contributed by atoms with Crippen molar-refractivity contribution in [3.63, 3.8) is 0 Å². The summed E-state index contributed by atoms with van der Waals surface area (Å²) in [5, 5.41) is 8.77. The van der Waals surface area contributed by atoms with E-state index in [4.69, 9.17) is 9.84 Å². The Labute approximate surface area is 78.1 Å².